The second-order valence-electron chi connectivity index (χ2n) is 9.69. The first-order valence-corrected chi connectivity index (χ1v) is 11.7. The second-order valence-corrected chi connectivity index (χ2v) is 9.69. The Hall–Kier alpha value is -2.34. The van der Waals surface area contributed by atoms with Gasteiger partial charge in [-0.2, -0.15) is 0 Å². The molecule has 5 aliphatic rings. The van der Waals surface area contributed by atoms with Crippen LogP contribution in [0, 0.1) is 11.8 Å². The van der Waals surface area contributed by atoms with Gasteiger partial charge in [0, 0.05) is 38.5 Å². The molecule has 2 atom stereocenters. The fourth-order valence-electron chi connectivity index (χ4n) is 5.80. The van der Waals surface area contributed by atoms with Crippen molar-refractivity contribution in [2.45, 2.75) is 43.6 Å². The lowest BCUT2D eigenvalue weighted by Crippen LogP contribution is -2.52. The maximum Gasteiger partial charge on any atom is 0.407 e. The van der Waals surface area contributed by atoms with Crippen molar-refractivity contribution in [1.29, 1.82) is 0 Å². The standard InChI is InChI=1S/C25H33N3O3/c1-27-13-9-20(16-23(27)29)25(10-11-25)21-5-3-2-4-18(21)6-12-26-24(30)31-22-17-28-14-7-19(22)8-15-28/h2-5,10-11,19-20,22H,6-9,12-17H2,1H3,(H,26,30)/t20?,22-/m1/s1. The monoisotopic (exact) mass is 423 g/mol. The molecule has 0 spiro atoms. The zero-order valence-corrected chi connectivity index (χ0v) is 18.4. The normalized spacial score (nSPS) is 30.9. The molecule has 1 aromatic carbocycles. The average molecular weight is 424 g/mol. The molecule has 1 aliphatic carbocycles. The number of fused-ring (bicyclic) bond motifs is 3. The van der Waals surface area contributed by atoms with Crippen LogP contribution in [-0.2, 0) is 21.4 Å². The molecule has 0 saturated carbocycles. The summed E-state index contributed by atoms with van der Waals surface area (Å²) in [6.45, 7) is 4.54. The van der Waals surface area contributed by atoms with Gasteiger partial charge in [0.2, 0.25) is 5.91 Å². The van der Waals surface area contributed by atoms with E-state index in [9.17, 15) is 9.59 Å². The summed E-state index contributed by atoms with van der Waals surface area (Å²) in [6.07, 6.45) is 8.91. The predicted octanol–water partition coefficient (Wildman–Crippen LogP) is 2.73. The number of carbonyl (C=O) groups is 2. The number of ether oxygens (including phenoxy) is 1. The number of nitrogens with zero attached hydrogens (tertiary/aromatic N) is 2. The summed E-state index contributed by atoms with van der Waals surface area (Å²) in [6, 6.07) is 8.46. The third-order valence-corrected chi connectivity index (χ3v) is 7.86. The Bertz CT molecular complexity index is 869. The van der Waals surface area contributed by atoms with E-state index in [4.69, 9.17) is 4.74 Å². The van der Waals surface area contributed by atoms with E-state index in [0.717, 1.165) is 51.9 Å². The van der Waals surface area contributed by atoms with Gasteiger partial charge in [0.05, 0.1) is 0 Å². The van der Waals surface area contributed by atoms with Crippen LogP contribution in [0.3, 0.4) is 0 Å². The lowest BCUT2D eigenvalue weighted by atomic mass is 9.73. The molecule has 4 aliphatic heterocycles. The van der Waals surface area contributed by atoms with E-state index in [0.29, 0.717) is 24.8 Å². The van der Waals surface area contributed by atoms with Gasteiger partial charge in [0.25, 0.3) is 0 Å². The molecule has 2 bridgehead atoms. The molecule has 4 heterocycles. The molecular weight excluding hydrogens is 390 g/mol. The van der Waals surface area contributed by atoms with Gasteiger partial charge in [-0.3, -0.25) is 9.69 Å². The van der Waals surface area contributed by atoms with Crippen molar-refractivity contribution in [3.05, 3.63) is 47.5 Å². The SMILES string of the molecule is CN1CCC(C2(c3ccccc3CCNC(=O)O[C@@H]3CN4CCC3CC4)C=C2)CC1=O. The second kappa shape index (κ2) is 8.30. The zero-order valence-electron chi connectivity index (χ0n) is 18.4. The predicted molar refractivity (Wildman–Crippen MR) is 119 cm³/mol. The van der Waals surface area contributed by atoms with Crippen LogP contribution in [0.15, 0.2) is 36.4 Å². The maximum absolute atomic E-state index is 12.4. The van der Waals surface area contributed by atoms with Gasteiger partial charge in [0.1, 0.15) is 6.10 Å². The summed E-state index contributed by atoms with van der Waals surface area (Å²) in [5.41, 5.74) is 2.43. The quantitative estimate of drug-likeness (QED) is 0.715. The Morgan fingerprint density at radius 3 is 2.61 bits per heavy atom. The van der Waals surface area contributed by atoms with Gasteiger partial charge in [-0.15, -0.1) is 0 Å². The van der Waals surface area contributed by atoms with Crippen LogP contribution in [-0.4, -0.2) is 67.7 Å². The van der Waals surface area contributed by atoms with Gasteiger partial charge in [0.15, 0.2) is 0 Å². The van der Waals surface area contributed by atoms with Crippen molar-refractivity contribution in [2.24, 2.45) is 11.8 Å². The molecule has 6 heteroatoms. The highest BCUT2D eigenvalue weighted by molar-refractivity contribution is 5.78. The van der Waals surface area contributed by atoms with Crippen LogP contribution in [0.2, 0.25) is 0 Å². The highest BCUT2D eigenvalue weighted by Gasteiger charge is 2.47. The van der Waals surface area contributed by atoms with E-state index in [1.807, 2.05) is 11.9 Å². The maximum atomic E-state index is 12.4. The number of likely N-dealkylation sites (tertiary alicyclic amines) is 1. The minimum absolute atomic E-state index is 0.0377. The topological polar surface area (TPSA) is 61.9 Å². The highest BCUT2D eigenvalue weighted by atomic mass is 16.6. The van der Waals surface area contributed by atoms with Crippen LogP contribution >= 0.6 is 0 Å². The van der Waals surface area contributed by atoms with Crippen molar-refractivity contribution in [1.82, 2.24) is 15.1 Å². The van der Waals surface area contributed by atoms with Gasteiger partial charge < -0.3 is 15.0 Å². The number of rotatable bonds is 6. The number of alkyl carbamates (subject to hydrolysis) is 1. The Morgan fingerprint density at radius 2 is 1.94 bits per heavy atom. The lowest BCUT2D eigenvalue weighted by molar-refractivity contribution is -0.133. The highest BCUT2D eigenvalue weighted by Crippen LogP contribution is 2.50. The molecule has 4 fully saturated rings. The van der Waals surface area contributed by atoms with E-state index in [1.165, 1.54) is 11.1 Å². The van der Waals surface area contributed by atoms with Crippen LogP contribution in [0.5, 0.6) is 0 Å². The van der Waals surface area contributed by atoms with E-state index >= 15 is 0 Å². The molecule has 6 rings (SSSR count). The minimum atomic E-state index is -0.295. The fraction of sp³-hybridized carbons (Fsp3) is 0.600. The van der Waals surface area contributed by atoms with Crippen LogP contribution in [0.1, 0.15) is 36.8 Å². The Labute approximate surface area is 184 Å². The van der Waals surface area contributed by atoms with Crippen molar-refractivity contribution >= 4 is 12.0 Å². The number of carbonyl (C=O) groups excluding carboxylic acids is 2. The minimum Gasteiger partial charge on any atom is -0.445 e. The number of piperidine rings is 4. The van der Waals surface area contributed by atoms with Crippen LogP contribution < -0.4 is 5.32 Å². The smallest absolute Gasteiger partial charge is 0.407 e. The van der Waals surface area contributed by atoms with Gasteiger partial charge in [-0.1, -0.05) is 36.4 Å². The van der Waals surface area contributed by atoms with Crippen LogP contribution in [0.25, 0.3) is 0 Å². The summed E-state index contributed by atoms with van der Waals surface area (Å²) >= 11 is 0. The molecule has 6 nitrogen and oxygen atoms in total. The third-order valence-electron chi connectivity index (χ3n) is 7.86. The Morgan fingerprint density at radius 1 is 1.16 bits per heavy atom. The summed E-state index contributed by atoms with van der Waals surface area (Å²) in [5, 5.41) is 2.97. The largest absolute Gasteiger partial charge is 0.445 e. The number of hydrogen-bond acceptors (Lipinski definition) is 4. The Balaban J connectivity index is 1.18. The third kappa shape index (κ3) is 4.10. The van der Waals surface area contributed by atoms with E-state index in [1.54, 1.807) is 0 Å². The number of hydrogen-bond donors (Lipinski definition) is 1. The zero-order chi connectivity index (χ0) is 21.4. The average Bonchev–Trinajstić information content (AvgIpc) is 3.59. The van der Waals surface area contributed by atoms with E-state index in [2.05, 4.69) is 46.6 Å². The van der Waals surface area contributed by atoms with E-state index in [-0.39, 0.29) is 23.5 Å². The summed E-state index contributed by atoms with van der Waals surface area (Å²) in [7, 11) is 1.89. The van der Waals surface area contributed by atoms with Crippen LogP contribution in [0.4, 0.5) is 4.79 Å². The van der Waals surface area contributed by atoms with Gasteiger partial charge in [-0.05, 0) is 61.7 Å². The first kappa shape index (κ1) is 20.6. The number of allylic oxidation sites excluding steroid dienone is 2. The van der Waals surface area contributed by atoms with Gasteiger partial charge in [-0.25, -0.2) is 4.79 Å². The van der Waals surface area contributed by atoms with Crippen molar-refractivity contribution in [3.8, 4) is 0 Å². The molecule has 1 unspecified atom stereocenters. The molecule has 0 aromatic heterocycles. The lowest BCUT2D eigenvalue weighted by Gasteiger charge is -2.43. The number of amides is 2. The first-order chi connectivity index (χ1) is 15.0. The van der Waals surface area contributed by atoms with E-state index < -0.39 is 0 Å². The summed E-state index contributed by atoms with van der Waals surface area (Å²) in [5.74, 6) is 1.08. The molecule has 1 N–H and O–H groups in total. The van der Waals surface area contributed by atoms with Crippen molar-refractivity contribution < 1.29 is 14.3 Å². The number of benzene rings is 1. The number of nitrogens with one attached hydrogen (secondary N) is 1. The first-order valence-electron chi connectivity index (χ1n) is 11.7. The van der Waals surface area contributed by atoms with Crippen molar-refractivity contribution in [2.75, 3.05) is 39.8 Å². The molecular formula is C25H33N3O3. The van der Waals surface area contributed by atoms with Crippen molar-refractivity contribution in [3.63, 3.8) is 0 Å². The fourth-order valence-corrected chi connectivity index (χ4v) is 5.80. The molecule has 2 amide bonds. The molecule has 166 valence electrons. The Kier molecular flexibility index (Phi) is 5.51. The summed E-state index contributed by atoms with van der Waals surface area (Å²) in [4.78, 5) is 28.9. The summed E-state index contributed by atoms with van der Waals surface area (Å²) < 4.78 is 5.74. The molecule has 0 radical (unpaired) electrons. The van der Waals surface area contributed by atoms with Gasteiger partial charge >= 0.3 is 6.09 Å². The molecule has 1 aromatic rings. The molecule has 31 heavy (non-hydrogen) atoms. The molecule has 4 saturated heterocycles.